The van der Waals surface area contributed by atoms with Crippen LogP contribution in [0.3, 0.4) is 0 Å². The number of nitrogens with zero attached hydrogens (tertiary/aromatic N) is 2. The summed E-state index contributed by atoms with van der Waals surface area (Å²) in [6.45, 7) is 0. The fourth-order valence-corrected chi connectivity index (χ4v) is 9.76. The lowest BCUT2D eigenvalue weighted by molar-refractivity contribution is 1.30. The number of benzene rings is 6. The molecule has 11 aromatic rings. The van der Waals surface area contributed by atoms with Crippen molar-refractivity contribution in [2.45, 2.75) is 0 Å². The number of para-hydroxylation sites is 1. The Morgan fingerprint density at radius 1 is 0.488 bits per heavy atom. The Bertz CT molecular complexity index is 2960. The van der Waals surface area contributed by atoms with Gasteiger partial charge in [-0.3, -0.25) is 4.40 Å². The summed E-state index contributed by atoms with van der Waals surface area (Å²) in [5, 5.41) is 11.7. The highest BCUT2D eigenvalue weighted by atomic mass is 32.1. The Kier molecular flexibility index (Phi) is 4.13. The topological polar surface area (TPSA) is 17.3 Å². The number of hydrogen-bond donors (Lipinski definition) is 0. The molecular weight excluding hydrogens is 561 g/mol. The van der Waals surface area contributed by atoms with Gasteiger partial charge in [0.15, 0.2) is 0 Å². The molecule has 0 aliphatic rings. The first-order valence-corrected chi connectivity index (χ1v) is 16.2. The summed E-state index contributed by atoms with van der Waals surface area (Å²) < 4.78 is 7.79. The molecule has 0 saturated carbocycles. The highest BCUT2D eigenvalue weighted by Gasteiger charge is 2.23. The number of thiophene rings is 2. The maximum absolute atomic E-state index is 5.26. The predicted molar refractivity (Wildman–Crippen MR) is 188 cm³/mol. The SMILES string of the molecule is c1ccc2nc3c(cc2c1)c1cc2c4ccccc4sc2c2c4cc(-c5ccc6c(c5)sc5ccccc56)ccc4n3c12. The molecule has 0 aliphatic carbocycles. The summed E-state index contributed by atoms with van der Waals surface area (Å²) in [5.74, 6) is 0. The molecule has 5 aromatic heterocycles. The van der Waals surface area contributed by atoms with Crippen LogP contribution in [0.1, 0.15) is 0 Å². The second-order valence-corrected chi connectivity index (χ2v) is 13.7. The van der Waals surface area contributed by atoms with E-state index in [1.807, 2.05) is 22.7 Å². The largest absolute Gasteiger partial charge is 0.293 e. The van der Waals surface area contributed by atoms with Crippen LogP contribution in [0.4, 0.5) is 0 Å². The molecule has 0 fully saturated rings. The van der Waals surface area contributed by atoms with Crippen LogP contribution in [0, 0.1) is 0 Å². The van der Waals surface area contributed by atoms with Gasteiger partial charge >= 0.3 is 0 Å². The third-order valence-corrected chi connectivity index (χ3v) is 11.6. The van der Waals surface area contributed by atoms with Crippen LogP contribution in [0.2, 0.25) is 0 Å². The van der Waals surface area contributed by atoms with E-state index in [9.17, 15) is 0 Å². The molecule has 0 amide bonds. The van der Waals surface area contributed by atoms with E-state index in [1.165, 1.54) is 89.4 Å². The van der Waals surface area contributed by atoms with E-state index in [1.54, 1.807) is 0 Å². The lowest BCUT2D eigenvalue weighted by Crippen LogP contribution is -1.86. The summed E-state index contributed by atoms with van der Waals surface area (Å²) in [6.07, 6.45) is 0. The average molecular weight is 581 g/mol. The van der Waals surface area contributed by atoms with E-state index >= 15 is 0 Å². The summed E-state index contributed by atoms with van der Waals surface area (Å²) >= 11 is 3.79. The predicted octanol–water partition coefficient (Wildman–Crippen LogP) is 11.8. The minimum Gasteiger partial charge on any atom is -0.293 e. The molecule has 0 N–H and O–H groups in total. The molecule has 6 aromatic carbocycles. The zero-order valence-electron chi connectivity index (χ0n) is 22.8. The van der Waals surface area contributed by atoms with Gasteiger partial charge < -0.3 is 0 Å². The van der Waals surface area contributed by atoms with Gasteiger partial charge in [0.1, 0.15) is 5.65 Å². The van der Waals surface area contributed by atoms with Crippen molar-refractivity contribution in [1.29, 1.82) is 0 Å². The molecule has 43 heavy (non-hydrogen) atoms. The van der Waals surface area contributed by atoms with Gasteiger partial charge in [0.05, 0.1) is 16.6 Å². The molecule has 2 nitrogen and oxygen atoms in total. The van der Waals surface area contributed by atoms with Gasteiger partial charge in [-0.05, 0) is 59.7 Å². The van der Waals surface area contributed by atoms with Crippen molar-refractivity contribution in [3.8, 4) is 11.1 Å². The standard InChI is InChI=1S/C39H20N2S2/c1-4-10-31-23(7-1)18-29-27-20-28-25-9-3-6-12-34(25)43-38(28)36-30-17-21(14-16-32(30)41(37(27)36)39(29)40-31)22-13-15-26-24-8-2-5-11-33(24)42-35(26)19-22/h1-20H. The Balaban J connectivity index is 1.29. The maximum atomic E-state index is 5.26. The van der Waals surface area contributed by atoms with Crippen LogP contribution in [0.15, 0.2) is 121 Å². The van der Waals surface area contributed by atoms with Crippen molar-refractivity contribution in [3.05, 3.63) is 121 Å². The summed E-state index contributed by atoms with van der Waals surface area (Å²) in [6, 6.07) is 44.8. The van der Waals surface area contributed by atoms with Gasteiger partial charge in [-0.25, -0.2) is 4.98 Å². The summed E-state index contributed by atoms with van der Waals surface area (Å²) in [5.41, 5.74) is 7.07. The van der Waals surface area contributed by atoms with Crippen molar-refractivity contribution in [1.82, 2.24) is 9.38 Å². The van der Waals surface area contributed by atoms with Gasteiger partial charge in [0.2, 0.25) is 0 Å². The maximum Gasteiger partial charge on any atom is 0.146 e. The lowest BCUT2D eigenvalue weighted by Gasteiger charge is -2.05. The Hall–Kier alpha value is -5.03. The van der Waals surface area contributed by atoms with E-state index in [0.717, 1.165) is 11.2 Å². The van der Waals surface area contributed by atoms with Crippen LogP contribution in [0.5, 0.6) is 0 Å². The normalized spacial score (nSPS) is 12.7. The van der Waals surface area contributed by atoms with Crippen molar-refractivity contribution in [2.24, 2.45) is 0 Å². The van der Waals surface area contributed by atoms with E-state index in [-0.39, 0.29) is 0 Å². The van der Waals surface area contributed by atoms with Crippen molar-refractivity contribution < 1.29 is 0 Å². The molecule has 4 heteroatoms. The quantitative estimate of drug-likeness (QED) is 0.189. The monoisotopic (exact) mass is 580 g/mol. The van der Waals surface area contributed by atoms with Crippen LogP contribution < -0.4 is 0 Å². The van der Waals surface area contributed by atoms with E-state index < -0.39 is 0 Å². The van der Waals surface area contributed by atoms with Crippen LogP contribution in [-0.2, 0) is 0 Å². The number of pyridine rings is 1. The molecule has 198 valence electrons. The second-order valence-electron chi connectivity index (χ2n) is 11.6. The van der Waals surface area contributed by atoms with E-state index in [2.05, 4.69) is 126 Å². The van der Waals surface area contributed by atoms with Crippen molar-refractivity contribution >= 4 is 112 Å². The van der Waals surface area contributed by atoms with Crippen LogP contribution in [-0.4, -0.2) is 9.38 Å². The Labute approximate surface area is 253 Å². The number of aromatic nitrogens is 2. The minimum absolute atomic E-state index is 1.03. The first-order chi connectivity index (χ1) is 21.3. The average Bonchev–Trinajstić information content (AvgIpc) is 3.79. The zero-order valence-corrected chi connectivity index (χ0v) is 24.4. The molecule has 0 bridgehead atoms. The minimum atomic E-state index is 1.03. The van der Waals surface area contributed by atoms with Gasteiger partial charge in [-0.15, -0.1) is 22.7 Å². The van der Waals surface area contributed by atoms with Gasteiger partial charge in [-0.2, -0.15) is 0 Å². The first kappa shape index (κ1) is 22.6. The number of rotatable bonds is 1. The highest BCUT2D eigenvalue weighted by molar-refractivity contribution is 7.27. The fraction of sp³-hybridized carbons (Fsp3) is 0. The third-order valence-electron chi connectivity index (χ3n) is 9.29. The van der Waals surface area contributed by atoms with Gasteiger partial charge in [-0.1, -0.05) is 72.8 Å². The molecular formula is C39H20N2S2. The number of fused-ring (bicyclic) bond motifs is 14. The van der Waals surface area contributed by atoms with Crippen LogP contribution >= 0.6 is 22.7 Å². The van der Waals surface area contributed by atoms with Gasteiger partial charge in [0.25, 0.3) is 0 Å². The van der Waals surface area contributed by atoms with Crippen molar-refractivity contribution in [2.75, 3.05) is 0 Å². The Morgan fingerprint density at radius 3 is 2.12 bits per heavy atom. The van der Waals surface area contributed by atoms with Crippen molar-refractivity contribution in [3.63, 3.8) is 0 Å². The molecule has 0 radical (unpaired) electrons. The molecule has 0 atom stereocenters. The highest BCUT2D eigenvalue weighted by Crippen LogP contribution is 2.48. The molecule has 0 aliphatic heterocycles. The molecule has 0 spiro atoms. The lowest BCUT2D eigenvalue weighted by atomic mass is 9.99. The first-order valence-electron chi connectivity index (χ1n) is 14.5. The smallest absolute Gasteiger partial charge is 0.146 e. The molecule has 0 unspecified atom stereocenters. The van der Waals surface area contributed by atoms with Gasteiger partial charge in [0, 0.05) is 67.3 Å². The molecule has 0 saturated heterocycles. The van der Waals surface area contributed by atoms with E-state index in [0.29, 0.717) is 0 Å². The summed E-state index contributed by atoms with van der Waals surface area (Å²) in [4.78, 5) is 5.26. The fourth-order valence-electron chi connectivity index (χ4n) is 7.37. The Morgan fingerprint density at radius 2 is 1.21 bits per heavy atom. The second kappa shape index (κ2) is 7.87. The molecule has 5 heterocycles. The number of hydrogen-bond acceptors (Lipinski definition) is 3. The summed E-state index contributed by atoms with van der Waals surface area (Å²) in [7, 11) is 0. The zero-order chi connectivity index (χ0) is 27.8. The third kappa shape index (κ3) is 2.85. The van der Waals surface area contributed by atoms with Crippen LogP contribution in [0.25, 0.3) is 101 Å². The molecule has 11 rings (SSSR count). The van der Waals surface area contributed by atoms with E-state index in [4.69, 9.17) is 4.98 Å².